The highest BCUT2D eigenvalue weighted by molar-refractivity contribution is 6.30. The van der Waals surface area contributed by atoms with Crippen molar-refractivity contribution in [3.63, 3.8) is 0 Å². The van der Waals surface area contributed by atoms with Crippen LogP contribution in [0.5, 0.6) is 0 Å². The third-order valence-electron chi connectivity index (χ3n) is 6.18. The lowest BCUT2D eigenvalue weighted by Crippen LogP contribution is -2.35. The minimum atomic E-state index is 0.412. The first kappa shape index (κ1) is 18.1. The van der Waals surface area contributed by atoms with Gasteiger partial charge in [0.05, 0.1) is 6.04 Å². The number of pyridine rings is 1. The summed E-state index contributed by atoms with van der Waals surface area (Å²) < 4.78 is 0. The van der Waals surface area contributed by atoms with Crippen LogP contribution in [0.4, 0.5) is 0 Å². The summed E-state index contributed by atoms with van der Waals surface area (Å²) in [6, 6.07) is 4.51. The molecular weight excluding hydrogens is 393 g/mol. The number of fused-ring (bicyclic) bond motifs is 1. The van der Waals surface area contributed by atoms with Crippen molar-refractivity contribution in [2.75, 3.05) is 6.54 Å². The molecule has 0 unspecified atom stereocenters. The van der Waals surface area contributed by atoms with Crippen molar-refractivity contribution < 1.29 is 0 Å². The van der Waals surface area contributed by atoms with Crippen LogP contribution in [0.25, 0.3) is 0 Å². The van der Waals surface area contributed by atoms with E-state index < -0.39 is 0 Å². The molecule has 4 aliphatic rings. The molecule has 0 radical (unpaired) electrons. The van der Waals surface area contributed by atoms with Crippen molar-refractivity contribution in [2.24, 2.45) is 5.10 Å². The minimum Gasteiger partial charge on any atom is -0.358 e. The summed E-state index contributed by atoms with van der Waals surface area (Å²) in [6.07, 6.45) is 14.2. The number of hydrogen-bond donors (Lipinski definition) is 1. The van der Waals surface area contributed by atoms with E-state index in [0.717, 1.165) is 61.6 Å². The minimum absolute atomic E-state index is 0.412. The molecule has 2 aliphatic carbocycles. The highest BCUT2D eigenvalue weighted by atomic mass is 35.5. The van der Waals surface area contributed by atoms with Gasteiger partial charge in [0, 0.05) is 29.7 Å². The fourth-order valence-electron chi connectivity index (χ4n) is 4.65. The number of nitrogens with zero attached hydrogens (tertiary/aromatic N) is 4. The fourth-order valence-corrected chi connectivity index (χ4v) is 5.12. The van der Waals surface area contributed by atoms with Crippen LogP contribution in [0.1, 0.15) is 50.0 Å². The van der Waals surface area contributed by atoms with Gasteiger partial charge in [0.2, 0.25) is 0 Å². The topological polar surface area (TPSA) is 43.8 Å². The lowest BCUT2D eigenvalue weighted by molar-refractivity contribution is 0.183. The van der Waals surface area contributed by atoms with Crippen LogP contribution in [-0.2, 0) is 0 Å². The first-order chi connectivity index (χ1) is 13.7. The van der Waals surface area contributed by atoms with E-state index in [-0.39, 0.29) is 0 Å². The highest BCUT2D eigenvalue weighted by Gasteiger charge is 2.34. The van der Waals surface area contributed by atoms with E-state index >= 15 is 0 Å². The zero-order chi connectivity index (χ0) is 19.1. The number of nitrogens with one attached hydrogen (secondary N) is 1. The molecule has 7 heteroatoms. The molecule has 2 aliphatic heterocycles. The van der Waals surface area contributed by atoms with E-state index in [1.165, 1.54) is 11.1 Å². The van der Waals surface area contributed by atoms with Crippen molar-refractivity contribution in [1.29, 1.82) is 0 Å². The Bertz CT molecular complexity index is 896. The summed E-state index contributed by atoms with van der Waals surface area (Å²) >= 11 is 12.6. The molecule has 28 heavy (non-hydrogen) atoms. The highest BCUT2D eigenvalue weighted by Crippen LogP contribution is 2.39. The third kappa shape index (κ3) is 3.31. The molecule has 1 fully saturated rings. The van der Waals surface area contributed by atoms with Crippen LogP contribution in [0.3, 0.4) is 0 Å². The Morgan fingerprint density at radius 3 is 2.79 bits per heavy atom. The van der Waals surface area contributed by atoms with Crippen molar-refractivity contribution in [1.82, 2.24) is 20.2 Å². The molecule has 0 atom stereocenters. The largest absolute Gasteiger partial charge is 0.358 e. The van der Waals surface area contributed by atoms with Crippen LogP contribution in [0, 0.1) is 0 Å². The summed E-state index contributed by atoms with van der Waals surface area (Å²) in [4.78, 5) is 6.49. The smallest absolute Gasteiger partial charge is 0.147 e. The molecule has 0 spiro atoms. The van der Waals surface area contributed by atoms with Crippen LogP contribution >= 0.6 is 23.2 Å². The molecule has 0 aromatic carbocycles. The second kappa shape index (κ2) is 7.45. The number of allylic oxidation sites excluding steroid dienone is 2. The number of halogens is 2. The van der Waals surface area contributed by atoms with E-state index in [1.54, 1.807) is 6.20 Å². The maximum atomic E-state index is 6.31. The Kier molecular flexibility index (Phi) is 4.81. The van der Waals surface area contributed by atoms with E-state index in [1.807, 2.05) is 12.4 Å². The molecular formula is C21H23Cl2N5. The summed E-state index contributed by atoms with van der Waals surface area (Å²) in [5, 5.41) is 12.0. The standard InChI is InChI=1S/C21H23Cl2N5/c22-16-6-3-15-12-27-13-26-28(20(27)11-25-19(15)10-16)17-7-4-14(5-8-17)18-2-1-9-24-21(18)23/h1-2,9-11,13-14,17,25H,3-8,12H2. The van der Waals surface area contributed by atoms with E-state index in [4.69, 9.17) is 28.3 Å². The quantitative estimate of drug-likeness (QED) is 0.697. The number of aromatic nitrogens is 1. The van der Waals surface area contributed by atoms with E-state index in [0.29, 0.717) is 17.1 Å². The average Bonchev–Trinajstić information content (AvgIpc) is 3.02. The molecule has 0 bridgehead atoms. The maximum absolute atomic E-state index is 6.31. The molecule has 5 rings (SSSR count). The SMILES string of the molecule is ClC1=CC2=C(CC1)CN1C=NN(C3CCC(c4cccnc4Cl)CC3)C1=CN2. The molecule has 1 N–H and O–H groups in total. The summed E-state index contributed by atoms with van der Waals surface area (Å²) in [5.74, 6) is 1.62. The van der Waals surface area contributed by atoms with Crippen molar-refractivity contribution >= 4 is 29.5 Å². The summed E-state index contributed by atoms with van der Waals surface area (Å²) in [5.41, 5.74) is 3.71. The Hall–Kier alpha value is -1.98. The monoisotopic (exact) mass is 415 g/mol. The Balaban J connectivity index is 1.28. The number of hydrogen-bond acceptors (Lipinski definition) is 5. The number of hydrazone groups is 1. The van der Waals surface area contributed by atoms with Gasteiger partial charge in [0.25, 0.3) is 0 Å². The van der Waals surface area contributed by atoms with E-state index in [2.05, 4.69) is 38.6 Å². The summed E-state index contributed by atoms with van der Waals surface area (Å²) in [6.45, 7) is 0.871. The van der Waals surface area contributed by atoms with E-state index in [9.17, 15) is 0 Å². The molecule has 146 valence electrons. The van der Waals surface area contributed by atoms with Gasteiger partial charge in [-0.1, -0.05) is 29.3 Å². The van der Waals surface area contributed by atoms with Gasteiger partial charge in [-0.2, -0.15) is 5.10 Å². The van der Waals surface area contributed by atoms with Gasteiger partial charge >= 0.3 is 0 Å². The predicted molar refractivity (Wildman–Crippen MR) is 113 cm³/mol. The third-order valence-corrected chi connectivity index (χ3v) is 6.79. The van der Waals surface area contributed by atoms with Crippen LogP contribution in [0.15, 0.2) is 57.8 Å². The zero-order valence-corrected chi connectivity index (χ0v) is 17.1. The molecule has 0 saturated heterocycles. The molecule has 1 aromatic heterocycles. The zero-order valence-electron chi connectivity index (χ0n) is 15.6. The maximum Gasteiger partial charge on any atom is 0.147 e. The Morgan fingerprint density at radius 1 is 1.11 bits per heavy atom. The van der Waals surface area contributed by atoms with Gasteiger partial charge in [0.15, 0.2) is 0 Å². The first-order valence-electron chi connectivity index (χ1n) is 9.94. The van der Waals surface area contributed by atoms with Crippen LogP contribution in [-0.4, -0.2) is 33.8 Å². The fraction of sp³-hybridized carbons (Fsp3) is 0.429. The van der Waals surface area contributed by atoms with Gasteiger partial charge in [-0.15, -0.1) is 0 Å². The average molecular weight is 416 g/mol. The molecule has 1 aromatic rings. The van der Waals surface area contributed by atoms with Gasteiger partial charge in [0.1, 0.15) is 17.3 Å². The molecule has 1 saturated carbocycles. The van der Waals surface area contributed by atoms with Crippen LogP contribution in [0.2, 0.25) is 5.15 Å². The summed E-state index contributed by atoms with van der Waals surface area (Å²) in [7, 11) is 0. The van der Waals surface area contributed by atoms with Gasteiger partial charge in [-0.25, -0.2) is 9.99 Å². The molecule has 0 amide bonds. The van der Waals surface area contributed by atoms with Crippen LogP contribution < -0.4 is 5.32 Å². The van der Waals surface area contributed by atoms with Gasteiger partial charge in [-0.05, 0) is 67.7 Å². The Labute approximate surface area is 175 Å². The lowest BCUT2D eigenvalue weighted by Gasteiger charge is -2.35. The molecule has 3 heterocycles. The van der Waals surface area contributed by atoms with Crippen molar-refractivity contribution in [3.05, 3.63) is 63.4 Å². The first-order valence-corrected chi connectivity index (χ1v) is 10.7. The van der Waals surface area contributed by atoms with Gasteiger partial charge < -0.3 is 10.2 Å². The Morgan fingerprint density at radius 2 is 1.96 bits per heavy atom. The second-order valence-electron chi connectivity index (χ2n) is 7.85. The molecule has 5 nitrogen and oxygen atoms in total. The lowest BCUT2D eigenvalue weighted by atomic mass is 9.82. The van der Waals surface area contributed by atoms with Gasteiger partial charge in [-0.3, -0.25) is 0 Å². The normalized spacial score (nSPS) is 26.9. The van der Waals surface area contributed by atoms with Crippen molar-refractivity contribution in [3.8, 4) is 0 Å². The predicted octanol–water partition coefficient (Wildman–Crippen LogP) is 4.89. The second-order valence-corrected chi connectivity index (χ2v) is 8.69. The number of rotatable bonds is 2. The van der Waals surface area contributed by atoms with Crippen molar-refractivity contribution in [2.45, 2.75) is 50.5 Å².